The topological polar surface area (TPSA) is 77.8 Å². The Morgan fingerprint density at radius 1 is 1.12 bits per heavy atom. The molecule has 5 atom stereocenters. The molecule has 0 aromatic rings. The van der Waals surface area contributed by atoms with Crippen LogP contribution in [0.3, 0.4) is 0 Å². The first-order valence-corrected chi connectivity index (χ1v) is 8.84. The lowest BCUT2D eigenvalue weighted by atomic mass is 9.63. The lowest BCUT2D eigenvalue weighted by Crippen LogP contribution is -2.35. The normalized spacial score (nSPS) is 39.6. The third-order valence-electron chi connectivity index (χ3n) is 6.43. The van der Waals surface area contributed by atoms with E-state index in [9.17, 15) is 20.1 Å². The largest absolute Gasteiger partial charge is 0.388 e. The van der Waals surface area contributed by atoms with E-state index in [0.717, 1.165) is 30.4 Å². The summed E-state index contributed by atoms with van der Waals surface area (Å²) in [6.45, 7) is 9.88. The Bertz CT molecular complexity index is 640. The van der Waals surface area contributed by atoms with Gasteiger partial charge in [-0.3, -0.25) is 4.79 Å². The number of aliphatic hydroxyl groups excluding tert-OH is 3. The maximum atomic E-state index is 13.1. The number of carbonyl (C=O) groups excluding carboxylic acids is 1. The van der Waals surface area contributed by atoms with Gasteiger partial charge in [0.05, 0.1) is 12.0 Å². The standard InChI is InChI=1S/C20H28O4/c1-10-5-6-12-7-8-13-16(20(12,3)4)19(24)15(18(13)23)11(2)9-14(21)17(10)22/h9,12,14-15,17-18,21-23H,1,5-8H2,2-4H3/t12-,14-,15+,17+,18+/m1/s1. The highest BCUT2D eigenvalue weighted by Gasteiger charge is 2.51. The summed E-state index contributed by atoms with van der Waals surface area (Å²) in [5.74, 6) is -0.347. The van der Waals surface area contributed by atoms with Crippen molar-refractivity contribution in [3.8, 4) is 0 Å². The minimum Gasteiger partial charge on any atom is -0.388 e. The van der Waals surface area contributed by atoms with Crippen LogP contribution in [0.4, 0.5) is 0 Å². The van der Waals surface area contributed by atoms with Crippen molar-refractivity contribution in [3.63, 3.8) is 0 Å². The lowest BCUT2D eigenvalue weighted by Gasteiger charge is -2.40. The zero-order valence-electron chi connectivity index (χ0n) is 14.7. The van der Waals surface area contributed by atoms with Crippen LogP contribution in [0.15, 0.2) is 34.9 Å². The highest BCUT2D eigenvalue weighted by atomic mass is 16.3. The average molecular weight is 332 g/mol. The molecule has 3 bridgehead atoms. The minimum atomic E-state index is -1.10. The van der Waals surface area contributed by atoms with E-state index in [2.05, 4.69) is 20.4 Å². The van der Waals surface area contributed by atoms with Crippen molar-refractivity contribution in [2.75, 3.05) is 0 Å². The summed E-state index contributed by atoms with van der Waals surface area (Å²) in [5, 5.41) is 31.3. The van der Waals surface area contributed by atoms with E-state index in [1.165, 1.54) is 6.08 Å². The molecular formula is C20H28O4. The molecule has 0 saturated carbocycles. The molecule has 0 fully saturated rings. The van der Waals surface area contributed by atoms with Crippen molar-refractivity contribution < 1.29 is 20.1 Å². The van der Waals surface area contributed by atoms with E-state index in [1.807, 2.05) is 0 Å². The van der Waals surface area contributed by atoms with Gasteiger partial charge in [-0.15, -0.1) is 0 Å². The van der Waals surface area contributed by atoms with E-state index in [4.69, 9.17) is 0 Å². The molecular weight excluding hydrogens is 304 g/mol. The number of ketones is 1. The van der Waals surface area contributed by atoms with E-state index < -0.39 is 24.2 Å². The Kier molecular flexibility index (Phi) is 4.35. The number of hydrogen-bond acceptors (Lipinski definition) is 4. The quantitative estimate of drug-likeness (QED) is 0.595. The first-order valence-electron chi connectivity index (χ1n) is 8.84. The molecule has 0 radical (unpaired) electrons. The fraction of sp³-hybridized carbons (Fsp3) is 0.650. The summed E-state index contributed by atoms with van der Waals surface area (Å²) in [4.78, 5) is 13.1. The van der Waals surface area contributed by atoms with Gasteiger partial charge in [-0.05, 0) is 55.1 Å². The maximum Gasteiger partial charge on any atom is 0.169 e. The Morgan fingerprint density at radius 2 is 1.75 bits per heavy atom. The van der Waals surface area contributed by atoms with Crippen LogP contribution in [-0.2, 0) is 4.79 Å². The summed E-state index contributed by atoms with van der Waals surface area (Å²) in [5.41, 5.74) is 2.64. The zero-order valence-corrected chi connectivity index (χ0v) is 14.7. The summed E-state index contributed by atoms with van der Waals surface area (Å²) in [6, 6.07) is 0. The molecule has 3 aliphatic rings. The second-order valence-corrected chi connectivity index (χ2v) is 8.19. The number of allylic oxidation sites excluding steroid dienone is 1. The smallest absolute Gasteiger partial charge is 0.169 e. The van der Waals surface area contributed by atoms with E-state index in [1.54, 1.807) is 6.92 Å². The van der Waals surface area contributed by atoms with Crippen LogP contribution in [0.25, 0.3) is 0 Å². The zero-order chi connectivity index (χ0) is 17.8. The Labute approximate surface area is 143 Å². The predicted molar refractivity (Wildman–Crippen MR) is 92.2 cm³/mol. The average Bonchev–Trinajstić information content (AvgIpc) is 2.76. The first-order chi connectivity index (χ1) is 11.2. The van der Waals surface area contributed by atoms with Crippen molar-refractivity contribution in [2.24, 2.45) is 17.3 Å². The van der Waals surface area contributed by atoms with Gasteiger partial charge in [0.25, 0.3) is 0 Å². The highest BCUT2D eigenvalue weighted by molar-refractivity contribution is 6.04. The molecule has 0 saturated heterocycles. The number of carbonyl (C=O) groups is 1. The van der Waals surface area contributed by atoms with Crippen LogP contribution in [-0.4, -0.2) is 39.4 Å². The van der Waals surface area contributed by atoms with Crippen molar-refractivity contribution in [2.45, 2.75) is 64.8 Å². The van der Waals surface area contributed by atoms with Crippen LogP contribution < -0.4 is 0 Å². The number of aliphatic hydroxyl groups is 3. The molecule has 0 aliphatic heterocycles. The van der Waals surface area contributed by atoms with Crippen molar-refractivity contribution in [3.05, 3.63) is 34.9 Å². The molecule has 0 aromatic heterocycles. The Morgan fingerprint density at radius 3 is 2.42 bits per heavy atom. The molecule has 132 valence electrons. The SMILES string of the molecule is C=C1CC[C@@H]2CCC3=C(C(=O)[C@@H](C(C)=C[C@@H](O)[C@H]1O)[C@H]3O)C2(C)C. The summed E-state index contributed by atoms with van der Waals surface area (Å²) >= 11 is 0. The number of Topliss-reactive ketones (excluding diaryl/α,β-unsaturated/α-hetero) is 1. The molecule has 3 rings (SSSR count). The van der Waals surface area contributed by atoms with Gasteiger partial charge < -0.3 is 15.3 Å². The van der Waals surface area contributed by atoms with Crippen molar-refractivity contribution in [1.82, 2.24) is 0 Å². The monoisotopic (exact) mass is 332 g/mol. The number of hydrogen-bond donors (Lipinski definition) is 3. The molecule has 4 nitrogen and oxygen atoms in total. The van der Waals surface area contributed by atoms with Crippen LogP contribution in [0.5, 0.6) is 0 Å². The number of rotatable bonds is 0. The third-order valence-corrected chi connectivity index (χ3v) is 6.43. The molecule has 0 aromatic carbocycles. The Hall–Kier alpha value is -1.23. The molecule has 0 spiro atoms. The fourth-order valence-corrected chi connectivity index (χ4v) is 4.88. The minimum absolute atomic E-state index is 0.0120. The van der Waals surface area contributed by atoms with Crippen molar-refractivity contribution in [1.29, 1.82) is 0 Å². The van der Waals surface area contributed by atoms with E-state index >= 15 is 0 Å². The molecule has 0 unspecified atom stereocenters. The second kappa shape index (κ2) is 5.94. The molecule has 0 heterocycles. The highest BCUT2D eigenvalue weighted by Crippen LogP contribution is 2.53. The van der Waals surface area contributed by atoms with Crippen molar-refractivity contribution >= 4 is 5.78 Å². The van der Waals surface area contributed by atoms with E-state index in [0.29, 0.717) is 23.5 Å². The first kappa shape index (κ1) is 17.6. The summed E-state index contributed by atoms with van der Waals surface area (Å²) < 4.78 is 0. The molecule has 3 aliphatic carbocycles. The van der Waals surface area contributed by atoms with Gasteiger partial charge in [0.15, 0.2) is 5.78 Å². The Balaban J connectivity index is 2.12. The second-order valence-electron chi connectivity index (χ2n) is 8.19. The predicted octanol–water partition coefficient (Wildman–Crippen LogP) is 2.30. The van der Waals surface area contributed by atoms with Gasteiger partial charge in [-0.2, -0.15) is 0 Å². The third kappa shape index (κ3) is 2.52. The van der Waals surface area contributed by atoms with Crippen LogP contribution in [0, 0.1) is 17.3 Å². The van der Waals surface area contributed by atoms with Gasteiger partial charge in [-0.1, -0.05) is 32.1 Å². The number of fused-ring (bicyclic) bond motifs is 2. The van der Waals surface area contributed by atoms with Crippen LogP contribution >= 0.6 is 0 Å². The van der Waals surface area contributed by atoms with Crippen LogP contribution in [0.1, 0.15) is 46.5 Å². The van der Waals surface area contributed by atoms with Gasteiger partial charge in [0.1, 0.15) is 12.2 Å². The maximum absolute atomic E-state index is 13.1. The summed E-state index contributed by atoms with van der Waals surface area (Å²) in [7, 11) is 0. The summed E-state index contributed by atoms with van der Waals surface area (Å²) in [6.07, 6.45) is 1.69. The molecule has 4 heteroatoms. The fourth-order valence-electron chi connectivity index (χ4n) is 4.88. The van der Waals surface area contributed by atoms with Gasteiger partial charge in [0.2, 0.25) is 0 Å². The lowest BCUT2D eigenvalue weighted by molar-refractivity contribution is -0.120. The van der Waals surface area contributed by atoms with Gasteiger partial charge in [0, 0.05) is 5.57 Å². The molecule has 24 heavy (non-hydrogen) atoms. The van der Waals surface area contributed by atoms with Gasteiger partial charge in [-0.25, -0.2) is 0 Å². The van der Waals surface area contributed by atoms with Crippen LogP contribution in [0.2, 0.25) is 0 Å². The molecule has 0 amide bonds. The molecule has 3 N–H and O–H groups in total. The van der Waals surface area contributed by atoms with Gasteiger partial charge >= 0.3 is 0 Å². The van der Waals surface area contributed by atoms with E-state index in [-0.39, 0.29) is 11.2 Å².